The zero-order valence-electron chi connectivity index (χ0n) is 11.0. The maximum Gasteiger partial charge on any atom is 0.416 e. The Balaban J connectivity index is 2.57. The number of rotatable bonds is 3. The number of alkyl halides is 3. The van der Waals surface area contributed by atoms with Crippen molar-refractivity contribution in [2.24, 2.45) is 4.99 Å². The third kappa shape index (κ3) is 3.67. The van der Waals surface area contributed by atoms with Gasteiger partial charge in [0.05, 0.1) is 11.3 Å². The van der Waals surface area contributed by atoms with Crippen LogP contribution < -0.4 is 0 Å². The van der Waals surface area contributed by atoms with E-state index in [-0.39, 0.29) is 16.8 Å². The standard InChI is InChI=1S/C15H10F5NO/c16-12-3-1-9(2-4-12)14(21-8-22)10-5-11(15(18,19)20)7-13(17)6-10/h1-7,22H,8H2/b21-14-. The van der Waals surface area contributed by atoms with Gasteiger partial charge in [-0.3, -0.25) is 4.99 Å². The largest absolute Gasteiger partial charge is 0.416 e. The van der Waals surface area contributed by atoms with Crippen molar-refractivity contribution in [1.29, 1.82) is 0 Å². The molecule has 0 aliphatic rings. The van der Waals surface area contributed by atoms with Crippen molar-refractivity contribution in [1.82, 2.24) is 0 Å². The molecule has 0 radical (unpaired) electrons. The molecule has 0 unspecified atom stereocenters. The monoisotopic (exact) mass is 315 g/mol. The highest BCUT2D eigenvalue weighted by Gasteiger charge is 2.31. The van der Waals surface area contributed by atoms with Gasteiger partial charge in [0, 0.05) is 11.1 Å². The molecule has 2 rings (SSSR count). The Kier molecular flexibility index (Phi) is 4.56. The smallest absolute Gasteiger partial charge is 0.375 e. The highest BCUT2D eigenvalue weighted by atomic mass is 19.4. The van der Waals surface area contributed by atoms with E-state index in [2.05, 4.69) is 4.99 Å². The lowest BCUT2D eigenvalue weighted by atomic mass is 10.00. The Bertz CT molecular complexity index is 692. The summed E-state index contributed by atoms with van der Waals surface area (Å²) in [7, 11) is 0. The molecule has 0 fully saturated rings. The summed E-state index contributed by atoms with van der Waals surface area (Å²) in [6.45, 7) is -0.704. The van der Waals surface area contributed by atoms with Gasteiger partial charge in [-0.15, -0.1) is 0 Å². The van der Waals surface area contributed by atoms with Gasteiger partial charge in [0.15, 0.2) is 0 Å². The molecule has 116 valence electrons. The minimum absolute atomic E-state index is 0.0625. The van der Waals surface area contributed by atoms with E-state index in [0.29, 0.717) is 6.07 Å². The van der Waals surface area contributed by atoms with Crippen LogP contribution in [0.4, 0.5) is 22.0 Å². The Labute approximate surface area is 122 Å². The van der Waals surface area contributed by atoms with Crippen LogP contribution in [0.2, 0.25) is 0 Å². The first kappa shape index (κ1) is 16.1. The molecule has 22 heavy (non-hydrogen) atoms. The van der Waals surface area contributed by atoms with Gasteiger partial charge in [0.25, 0.3) is 0 Å². The molecule has 2 aromatic rings. The minimum Gasteiger partial charge on any atom is -0.375 e. The third-order valence-electron chi connectivity index (χ3n) is 2.85. The molecule has 0 saturated carbocycles. The van der Waals surface area contributed by atoms with Gasteiger partial charge in [-0.1, -0.05) is 0 Å². The quantitative estimate of drug-likeness (QED) is 0.679. The first-order valence-corrected chi connectivity index (χ1v) is 6.10. The van der Waals surface area contributed by atoms with Gasteiger partial charge in [-0.25, -0.2) is 8.78 Å². The summed E-state index contributed by atoms with van der Waals surface area (Å²) in [6.07, 6.45) is -4.72. The number of aliphatic hydroxyl groups is 1. The molecule has 0 aliphatic carbocycles. The summed E-state index contributed by atoms with van der Waals surface area (Å²) < 4.78 is 64.6. The first-order valence-electron chi connectivity index (χ1n) is 6.10. The summed E-state index contributed by atoms with van der Waals surface area (Å²) in [5.41, 5.74) is -1.13. The number of aliphatic imine (C=N–C) groups is 1. The lowest BCUT2D eigenvalue weighted by molar-refractivity contribution is -0.137. The van der Waals surface area contributed by atoms with Crippen molar-refractivity contribution in [2.75, 3.05) is 6.73 Å². The SMILES string of the molecule is OC/N=C(/c1ccc(F)cc1)c1cc(F)cc(C(F)(F)F)c1. The summed E-state index contributed by atoms with van der Waals surface area (Å²) in [6, 6.07) is 6.70. The molecule has 0 spiro atoms. The third-order valence-corrected chi connectivity index (χ3v) is 2.85. The molecule has 1 N–H and O–H groups in total. The lowest BCUT2D eigenvalue weighted by Gasteiger charge is -2.11. The molecule has 0 amide bonds. The van der Waals surface area contributed by atoms with Crippen LogP contribution in [0.1, 0.15) is 16.7 Å². The van der Waals surface area contributed by atoms with Crippen LogP contribution in [0.3, 0.4) is 0 Å². The van der Waals surface area contributed by atoms with Crippen molar-refractivity contribution in [3.8, 4) is 0 Å². The van der Waals surface area contributed by atoms with E-state index < -0.39 is 30.1 Å². The van der Waals surface area contributed by atoms with E-state index in [1.54, 1.807) is 0 Å². The van der Waals surface area contributed by atoms with Crippen LogP contribution in [0.25, 0.3) is 0 Å². The highest BCUT2D eigenvalue weighted by molar-refractivity contribution is 6.13. The molecular weight excluding hydrogens is 305 g/mol. The van der Waals surface area contributed by atoms with Crippen LogP contribution in [-0.4, -0.2) is 17.5 Å². The second kappa shape index (κ2) is 6.23. The number of hydrogen-bond acceptors (Lipinski definition) is 2. The molecule has 0 saturated heterocycles. The average molecular weight is 315 g/mol. The fraction of sp³-hybridized carbons (Fsp3) is 0.133. The second-order valence-electron chi connectivity index (χ2n) is 4.38. The van der Waals surface area contributed by atoms with Crippen molar-refractivity contribution in [3.63, 3.8) is 0 Å². The number of halogens is 5. The van der Waals surface area contributed by atoms with Crippen molar-refractivity contribution in [3.05, 3.63) is 70.8 Å². The van der Waals surface area contributed by atoms with E-state index in [0.717, 1.165) is 24.3 Å². The van der Waals surface area contributed by atoms with Crippen LogP contribution in [0.15, 0.2) is 47.5 Å². The normalized spacial score (nSPS) is 12.5. The number of aliphatic hydroxyl groups excluding tert-OH is 1. The van der Waals surface area contributed by atoms with Gasteiger partial charge in [0.2, 0.25) is 0 Å². The van der Waals surface area contributed by atoms with Gasteiger partial charge in [-0.05, 0) is 42.5 Å². The molecule has 0 bridgehead atoms. The van der Waals surface area contributed by atoms with Gasteiger partial charge < -0.3 is 5.11 Å². The molecule has 0 aromatic heterocycles. The molecule has 0 heterocycles. The van der Waals surface area contributed by atoms with E-state index in [4.69, 9.17) is 5.11 Å². The number of benzene rings is 2. The van der Waals surface area contributed by atoms with E-state index in [1.807, 2.05) is 0 Å². The summed E-state index contributed by atoms with van der Waals surface area (Å²) in [4.78, 5) is 3.67. The molecule has 0 atom stereocenters. The lowest BCUT2D eigenvalue weighted by Crippen LogP contribution is -2.10. The number of nitrogens with zero attached hydrogens (tertiary/aromatic N) is 1. The zero-order chi connectivity index (χ0) is 16.3. The molecular formula is C15H10F5NO. The molecule has 7 heteroatoms. The summed E-state index contributed by atoms with van der Waals surface area (Å²) in [5.74, 6) is -1.63. The molecule has 2 nitrogen and oxygen atoms in total. The van der Waals surface area contributed by atoms with Crippen LogP contribution in [-0.2, 0) is 6.18 Å². The van der Waals surface area contributed by atoms with Gasteiger partial charge >= 0.3 is 6.18 Å². The Hall–Kier alpha value is -2.28. The number of hydrogen-bond donors (Lipinski definition) is 1. The van der Waals surface area contributed by atoms with Crippen LogP contribution in [0, 0.1) is 11.6 Å². The topological polar surface area (TPSA) is 32.6 Å². The second-order valence-corrected chi connectivity index (χ2v) is 4.38. The maximum atomic E-state index is 13.5. The maximum absolute atomic E-state index is 13.5. The van der Waals surface area contributed by atoms with E-state index in [1.165, 1.54) is 12.1 Å². The molecule has 2 aromatic carbocycles. The van der Waals surface area contributed by atoms with Crippen molar-refractivity contribution >= 4 is 5.71 Å². The van der Waals surface area contributed by atoms with E-state index in [9.17, 15) is 22.0 Å². The highest BCUT2D eigenvalue weighted by Crippen LogP contribution is 2.31. The Morgan fingerprint density at radius 1 is 0.909 bits per heavy atom. The van der Waals surface area contributed by atoms with Gasteiger partial charge in [0.1, 0.15) is 18.4 Å². The minimum atomic E-state index is -4.72. The predicted octanol–water partition coefficient (Wildman–Crippen LogP) is 3.77. The fourth-order valence-corrected chi connectivity index (χ4v) is 1.92. The van der Waals surface area contributed by atoms with E-state index >= 15 is 0 Å². The summed E-state index contributed by atoms with van der Waals surface area (Å²) >= 11 is 0. The van der Waals surface area contributed by atoms with Crippen LogP contribution >= 0.6 is 0 Å². The molecule has 0 aliphatic heterocycles. The zero-order valence-corrected chi connectivity index (χ0v) is 11.0. The Morgan fingerprint density at radius 3 is 2.09 bits per heavy atom. The van der Waals surface area contributed by atoms with Crippen molar-refractivity contribution in [2.45, 2.75) is 6.18 Å². The first-order chi connectivity index (χ1) is 10.3. The fourth-order valence-electron chi connectivity index (χ4n) is 1.92. The Morgan fingerprint density at radius 2 is 1.55 bits per heavy atom. The van der Waals surface area contributed by atoms with Crippen molar-refractivity contribution < 1.29 is 27.1 Å². The van der Waals surface area contributed by atoms with Gasteiger partial charge in [-0.2, -0.15) is 13.2 Å². The predicted molar refractivity (Wildman–Crippen MR) is 70.5 cm³/mol. The average Bonchev–Trinajstić information content (AvgIpc) is 2.44. The summed E-state index contributed by atoms with van der Waals surface area (Å²) in [5, 5.41) is 8.93. The van der Waals surface area contributed by atoms with Crippen LogP contribution in [0.5, 0.6) is 0 Å².